The van der Waals surface area contributed by atoms with Crippen LogP contribution in [0.5, 0.6) is 0 Å². The highest BCUT2D eigenvalue weighted by Gasteiger charge is 2.52. The Kier molecular flexibility index (Phi) is 3.95. The van der Waals surface area contributed by atoms with E-state index in [-0.39, 0.29) is 17.3 Å². The summed E-state index contributed by atoms with van der Waals surface area (Å²) in [6.45, 7) is 9.22. The van der Waals surface area contributed by atoms with E-state index in [0.717, 1.165) is 38.0 Å². The molecule has 124 valence electrons. The van der Waals surface area contributed by atoms with Crippen LogP contribution < -0.4 is 5.32 Å². The first-order chi connectivity index (χ1) is 10.9. The SMILES string of the molecule is C=NC(=N)Nc1cnn(C2CCN(C(=O)[C@H]3CC3(C)C)CC2)c1. The second-order valence-electron chi connectivity index (χ2n) is 7.14. The number of rotatable bonds is 3. The number of piperidine rings is 1. The fourth-order valence-electron chi connectivity index (χ4n) is 3.24. The predicted octanol–water partition coefficient (Wildman–Crippen LogP) is 2.14. The number of carbonyl (C=O) groups excluding carboxylic acids is 1. The first-order valence-electron chi connectivity index (χ1n) is 8.06. The molecular weight excluding hydrogens is 292 g/mol. The molecule has 2 fully saturated rings. The van der Waals surface area contributed by atoms with Crippen molar-refractivity contribution < 1.29 is 4.79 Å². The molecule has 7 heteroatoms. The molecule has 0 unspecified atom stereocenters. The lowest BCUT2D eigenvalue weighted by atomic mass is 10.0. The topological polar surface area (TPSA) is 86.4 Å². The zero-order valence-corrected chi connectivity index (χ0v) is 13.7. The van der Waals surface area contributed by atoms with Gasteiger partial charge < -0.3 is 10.2 Å². The van der Waals surface area contributed by atoms with Gasteiger partial charge in [0.1, 0.15) is 0 Å². The lowest BCUT2D eigenvalue weighted by Gasteiger charge is -2.32. The van der Waals surface area contributed by atoms with Crippen LogP contribution in [-0.4, -0.2) is 46.4 Å². The van der Waals surface area contributed by atoms with Gasteiger partial charge in [0.15, 0.2) is 0 Å². The molecule has 1 atom stereocenters. The summed E-state index contributed by atoms with van der Waals surface area (Å²) in [5.74, 6) is 0.552. The van der Waals surface area contributed by atoms with Crippen LogP contribution in [0.3, 0.4) is 0 Å². The summed E-state index contributed by atoms with van der Waals surface area (Å²) in [5, 5.41) is 14.6. The number of nitrogens with one attached hydrogen (secondary N) is 2. The maximum atomic E-state index is 12.4. The highest BCUT2D eigenvalue weighted by molar-refractivity contribution is 5.93. The van der Waals surface area contributed by atoms with E-state index in [1.165, 1.54) is 0 Å². The van der Waals surface area contributed by atoms with Gasteiger partial charge in [0.2, 0.25) is 11.9 Å². The normalized spacial score (nSPS) is 23.4. The Hall–Kier alpha value is -2.18. The molecule has 1 aromatic heterocycles. The minimum atomic E-state index is 0.0111. The van der Waals surface area contributed by atoms with Crippen molar-refractivity contribution in [3.63, 3.8) is 0 Å². The Balaban J connectivity index is 1.54. The van der Waals surface area contributed by atoms with Crippen LogP contribution in [0, 0.1) is 16.7 Å². The van der Waals surface area contributed by atoms with Crippen LogP contribution in [-0.2, 0) is 4.79 Å². The summed E-state index contributed by atoms with van der Waals surface area (Å²) < 4.78 is 1.92. The third-order valence-corrected chi connectivity index (χ3v) is 4.98. The van der Waals surface area contributed by atoms with E-state index in [2.05, 4.69) is 36.0 Å². The molecule has 1 aliphatic carbocycles. The van der Waals surface area contributed by atoms with Gasteiger partial charge in [0.25, 0.3) is 0 Å². The van der Waals surface area contributed by atoms with Gasteiger partial charge in [-0.2, -0.15) is 5.10 Å². The van der Waals surface area contributed by atoms with Crippen LogP contribution >= 0.6 is 0 Å². The standard InChI is InChI=1S/C16H24N6O/c1-16(2)8-13(16)14(23)21-6-4-12(5-7-21)22-10-11(9-19-22)20-15(17)18-3/h9-10,12-13H,3-8H2,1-2H3,(H2,17,20)/t13-/m1/s1. The quantitative estimate of drug-likeness (QED) is 0.661. The van der Waals surface area contributed by atoms with Crippen molar-refractivity contribution in [2.45, 2.75) is 39.2 Å². The maximum absolute atomic E-state index is 12.4. The summed E-state index contributed by atoms with van der Waals surface area (Å²) in [7, 11) is 0. The van der Waals surface area contributed by atoms with Gasteiger partial charge >= 0.3 is 0 Å². The minimum Gasteiger partial charge on any atom is -0.342 e. The molecule has 2 heterocycles. The predicted molar refractivity (Wildman–Crippen MR) is 89.9 cm³/mol. The van der Waals surface area contributed by atoms with E-state index >= 15 is 0 Å². The molecule has 23 heavy (non-hydrogen) atoms. The van der Waals surface area contributed by atoms with Crippen molar-refractivity contribution in [1.82, 2.24) is 14.7 Å². The summed E-state index contributed by atoms with van der Waals surface area (Å²) in [4.78, 5) is 18.0. The molecule has 1 aromatic rings. The highest BCUT2D eigenvalue weighted by atomic mass is 16.2. The maximum Gasteiger partial charge on any atom is 0.226 e. The number of aromatic nitrogens is 2. The van der Waals surface area contributed by atoms with Crippen LogP contribution in [0.4, 0.5) is 5.69 Å². The van der Waals surface area contributed by atoms with Crippen molar-refractivity contribution in [3.8, 4) is 0 Å². The van der Waals surface area contributed by atoms with Crippen molar-refractivity contribution in [3.05, 3.63) is 12.4 Å². The third-order valence-electron chi connectivity index (χ3n) is 4.98. The average Bonchev–Trinajstić information content (AvgIpc) is 2.96. The number of anilines is 1. The molecule has 0 radical (unpaired) electrons. The third kappa shape index (κ3) is 3.28. The molecule has 0 aromatic carbocycles. The van der Waals surface area contributed by atoms with Crippen molar-refractivity contribution in [2.75, 3.05) is 18.4 Å². The number of hydrogen-bond acceptors (Lipinski definition) is 3. The Labute approximate surface area is 136 Å². The first kappa shape index (κ1) is 15.7. The fourth-order valence-corrected chi connectivity index (χ4v) is 3.24. The molecule has 0 bridgehead atoms. The Morgan fingerprint density at radius 2 is 2.13 bits per heavy atom. The Morgan fingerprint density at radius 3 is 2.70 bits per heavy atom. The van der Waals surface area contributed by atoms with E-state index in [4.69, 9.17) is 5.41 Å². The Morgan fingerprint density at radius 1 is 1.48 bits per heavy atom. The summed E-state index contributed by atoms with van der Waals surface area (Å²) in [6.07, 6.45) is 6.41. The van der Waals surface area contributed by atoms with Crippen molar-refractivity contribution in [1.29, 1.82) is 5.41 Å². The second-order valence-corrected chi connectivity index (χ2v) is 7.14. The lowest BCUT2D eigenvalue weighted by molar-refractivity contribution is -0.134. The second kappa shape index (κ2) is 5.79. The summed E-state index contributed by atoms with van der Waals surface area (Å²) >= 11 is 0. The highest BCUT2D eigenvalue weighted by Crippen LogP contribution is 2.52. The minimum absolute atomic E-state index is 0.0111. The number of hydrogen-bond donors (Lipinski definition) is 2. The number of likely N-dealkylation sites (tertiary alicyclic amines) is 1. The van der Waals surface area contributed by atoms with E-state index in [9.17, 15) is 4.79 Å². The molecular formula is C16H24N6O. The smallest absolute Gasteiger partial charge is 0.226 e. The zero-order chi connectivity index (χ0) is 16.6. The molecule has 1 saturated heterocycles. The van der Waals surface area contributed by atoms with Gasteiger partial charge in [-0.05, 0) is 31.4 Å². The summed E-state index contributed by atoms with van der Waals surface area (Å²) in [6, 6.07) is 0.299. The average molecular weight is 316 g/mol. The van der Waals surface area contributed by atoms with Crippen LogP contribution in [0.15, 0.2) is 17.4 Å². The molecule has 7 nitrogen and oxygen atoms in total. The molecule has 3 rings (SSSR count). The number of amides is 1. The van der Waals surface area contributed by atoms with Crippen LogP contribution in [0.25, 0.3) is 0 Å². The van der Waals surface area contributed by atoms with Gasteiger partial charge in [-0.3, -0.25) is 14.9 Å². The molecule has 0 spiro atoms. The van der Waals surface area contributed by atoms with E-state index in [1.807, 2.05) is 15.8 Å². The van der Waals surface area contributed by atoms with E-state index < -0.39 is 0 Å². The van der Waals surface area contributed by atoms with Gasteiger partial charge in [-0.15, -0.1) is 0 Å². The van der Waals surface area contributed by atoms with Gasteiger partial charge in [-0.1, -0.05) is 13.8 Å². The lowest BCUT2D eigenvalue weighted by Crippen LogP contribution is -2.40. The Bertz CT molecular complexity index is 626. The monoisotopic (exact) mass is 316 g/mol. The van der Waals surface area contributed by atoms with Crippen LogP contribution in [0.2, 0.25) is 0 Å². The van der Waals surface area contributed by atoms with E-state index in [0.29, 0.717) is 11.9 Å². The molecule has 1 aliphatic heterocycles. The number of carbonyl (C=O) groups is 1. The molecule has 2 N–H and O–H groups in total. The van der Waals surface area contributed by atoms with Crippen molar-refractivity contribution in [2.24, 2.45) is 16.3 Å². The molecule has 2 aliphatic rings. The van der Waals surface area contributed by atoms with Crippen LogP contribution in [0.1, 0.15) is 39.2 Å². The molecule has 1 saturated carbocycles. The van der Waals surface area contributed by atoms with Gasteiger partial charge in [0.05, 0.1) is 17.9 Å². The number of nitrogens with zero attached hydrogens (tertiary/aromatic N) is 4. The van der Waals surface area contributed by atoms with Crippen molar-refractivity contribution >= 4 is 24.3 Å². The fraction of sp³-hybridized carbons (Fsp3) is 0.625. The first-order valence-corrected chi connectivity index (χ1v) is 8.06. The zero-order valence-electron chi connectivity index (χ0n) is 13.7. The largest absolute Gasteiger partial charge is 0.342 e. The van der Waals surface area contributed by atoms with Gasteiger partial charge in [-0.25, -0.2) is 4.99 Å². The van der Waals surface area contributed by atoms with Gasteiger partial charge in [0, 0.05) is 25.2 Å². The summed E-state index contributed by atoms with van der Waals surface area (Å²) in [5.41, 5.74) is 0.931. The van der Waals surface area contributed by atoms with E-state index in [1.54, 1.807) is 6.20 Å². The number of guanidine groups is 1. The number of aliphatic imine (C=N–C) groups is 1. The molecule has 1 amide bonds.